The molecule has 2 aromatic rings. The molecule has 0 aromatic carbocycles. The van der Waals surface area contributed by atoms with Crippen LogP contribution in [0, 0.1) is 0 Å². The quantitative estimate of drug-likeness (QED) is 0.292. The summed E-state index contributed by atoms with van der Waals surface area (Å²) in [5, 5.41) is 10.3. The number of halogens is 5. The molecule has 3 aliphatic rings. The molecule has 33 heavy (non-hydrogen) atoms. The standard InChI is InChI=1S/C9H15N.C8H8BrN.C3H2BrN3.CHCl3.2CH4/c1-2-6-9(5-1)10-7-3-4-8-10;9-7-4-6-2-1-3-8(6)10-5-7;4-3-1-5-7-6-2-3;2-1(3)4;;/h5H,1-4,6-8H2;4-5H,1-3H2;1-2H;1H;2*1H4. The molecule has 186 valence electrons. The Hall–Kier alpha value is -0.470. The molecule has 1 aliphatic heterocycles. The van der Waals surface area contributed by atoms with Gasteiger partial charge in [-0.15, -0.1) is 10.2 Å². The molecule has 0 saturated carbocycles. The van der Waals surface area contributed by atoms with E-state index in [1.165, 1.54) is 75.7 Å². The van der Waals surface area contributed by atoms with E-state index in [1.54, 1.807) is 18.1 Å². The molecule has 0 radical (unpaired) electrons. The van der Waals surface area contributed by atoms with Crippen LogP contribution in [0.2, 0.25) is 0 Å². The average Bonchev–Trinajstić information content (AvgIpc) is 3.50. The van der Waals surface area contributed by atoms with Gasteiger partial charge in [-0.1, -0.05) is 55.7 Å². The number of aryl methyl sites for hydroxylation is 2. The van der Waals surface area contributed by atoms with Crippen LogP contribution in [0.1, 0.15) is 64.6 Å². The lowest BCUT2D eigenvalue weighted by atomic mass is 10.2. The van der Waals surface area contributed by atoms with Gasteiger partial charge in [-0.2, -0.15) is 0 Å². The molecule has 0 amide bonds. The van der Waals surface area contributed by atoms with Crippen molar-refractivity contribution in [3.8, 4) is 0 Å². The van der Waals surface area contributed by atoms with Crippen LogP contribution in [0.3, 0.4) is 0 Å². The van der Waals surface area contributed by atoms with Gasteiger partial charge < -0.3 is 4.90 Å². The van der Waals surface area contributed by atoms with E-state index >= 15 is 0 Å². The van der Waals surface area contributed by atoms with Gasteiger partial charge in [-0.05, 0) is 100 Å². The third-order valence-electron chi connectivity index (χ3n) is 4.88. The number of fused-ring (bicyclic) bond motifs is 1. The SMILES string of the molecule is Brc1cnc2c(c1)CCC2.Brc1cnnnc1.C.C.C1=C(N2CCCC2)CCC1.ClC(Cl)Cl. The van der Waals surface area contributed by atoms with E-state index in [0.717, 1.165) is 8.95 Å². The van der Waals surface area contributed by atoms with Crippen molar-refractivity contribution in [2.75, 3.05) is 13.1 Å². The first kappa shape index (κ1) is 32.5. The lowest BCUT2D eigenvalue weighted by Crippen LogP contribution is -2.16. The van der Waals surface area contributed by atoms with Crippen LogP contribution in [0.15, 0.2) is 45.4 Å². The molecule has 3 heterocycles. The highest BCUT2D eigenvalue weighted by Crippen LogP contribution is 2.24. The van der Waals surface area contributed by atoms with Crippen LogP contribution in [-0.4, -0.2) is 42.7 Å². The van der Waals surface area contributed by atoms with Crippen molar-refractivity contribution in [2.24, 2.45) is 0 Å². The van der Waals surface area contributed by atoms with E-state index in [9.17, 15) is 0 Å². The van der Waals surface area contributed by atoms with Crippen molar-refractivity contribution in [1.29, 1.82) is 0 Å². The Bertz CT molecular complexity index is 801. The van der Waals surface area contributed by atoms with Crippen molar-refractivity contribution >= 4 is 66.7 Å². The van der Waals surface area contributed by atoms with Crippen LogP contribution in [0.5, 0.6) is 0 Å². The van der Waals surface area contributed by atoms with Gasteiger partial charge >= 0.3 is 0 Å². The van der Waals surface area contributed by atoms with E-state index in [0.29, 0.717) is 0 Å². The van der Waals surface area contributed by atoms with Crippen molar-refractivity contribution in [2.45, 2.75) is 70.5 Å². The zero-order chi connectivity index (χ0) is 22.5. The molecule has 1 saturated heterocycles. The Balaban J connectivity index is 0.000000425. The number of pyridine rings is 1. The molecule has 2 aliphatic carbocycles. The molecule has 0 atom stereocenters. The molecule has 2 aromatic heterocycles. The smallest absolute Gasteiger partial charge is 0.180 e. The molecule has 1 fully saturated rings. The van der Waals surface area contributed by atoms with Gasteiger partial charge in [-0.3, -0.25) is 4.98 Å². The van der Waals surface area contributed by atoms with Gasteiger partial charge in [0.25, 0.3) is 0 Å². The molecule has 0 N–H and O–H groups in total. The zero-order valence-corrected chi connectivity index (χ0v) is 22.6. The molecular formula is C23H34Br2Cl3N5. The summed E-state index contributed by atoms with van der Waals surface area (Å²) in [5.74, 6) is 0. The number of rotatable bonds is 1. The van der Waals surface area contributed by atoms with Gasteiger partial charge in [0.1, 0.15) is 0 Å². The topological polar surface area (TPSA) is 54.8 Å². The van der Waals surface area contributed by atoms with E-state index in [2.05, 4.69) is 69.3 Å². The second kappa shape index (κ2) is 18.8. The Morgan fingerprint density at radius 2 is 1.45 bits per heavy atom. The summed E-state index contributed by atoms with van der Waals surface area (Å²) >= 11 is 21.0. The van der Waals surface area contributed by atoms with Gasteiger partial charge in [0, 0.05) is 35.2 Å². The number of aromatic nitrogens is 4. The summed E-state index contributed by atoms with van der Waals surface area (Å²) in [6.45, 7) is 2.65. The lowest BCUT2D eigenvalue weighted by molar-refractivity contribution is 0.415. The van der Waals surface area contributed by atoms with Crippen LogP contribution >= 0.6 is 66.7 Å². The normalized spacial score (nSPS) is 15.3. The summed E-state index contributed by atoms with van der Waals surface area (Å²) in [4.78, 5) is 6.87. The highest BCUT2D eigenvalue weighted by molar-refractivity contribution is 9.10. The summed E-state index contributed by atoms with van der Waals surface area (Å²) in [5.41, 5.74) is 4.36. The van der Waals surface area contributed by atoms with Gasteiger partial charge in [0.05, 0.1) is 16.9 Å². The number of allylic oxidation sites excluding steroid dienone is 2. The molecule has 0 bridgehead atoms. The van der Waals surface area contributed by atoms with Crippen LogP contribution < -0.4 is 0 Å². The van der Waals surface area contributed by atoms with Crippen molar-refractivity contribution in [3.63, 3.8) is 0 Å². The fourth-order valence-corrected chi connectivity index (χ4v) is 4.13. The molecule has 0 spiro atoms. The largest absolute Gasteiger partial charge is 0.375 e. The van der Waals surface area contributed by atoms with Gasteiger partial charge in [-0.25, -0.2) is 0 Å². The maximum absolute atomic E-state index is 4.81. The first-order valence-corrected chi connectivity index (χ1v) is 13.1. The molecule has 0 unspecified atom stereocenters. The monoisotopic (exact) mass is 643 g/mol. The predicted octanol–water partition coefficient (Wildman–Crippen LogP) is 8.38. The Labute approximate surface area is 231 Å². The highest BCUT2D eigenvalue weighted by atomic mass is 79.9. The van der Waals surface area contributed by atoms with Crippen molar-refractivity contribution in [1.82, 2.24) is 25.3 Å². The first-order valence-electron chi connectivity index (χ1n) is 10.2. The maximum Gasteiger partial charge on any atom is 0.180 e. The summed E-state index contributed by atoms with van der Waals surface area (Å²) in [6, 6.07) is 2.18. The fourth-order valence-electron chi connectivity index (χ4n) is 3.57. The number of nitrogens with zero attached hydrogens (tertiary/aromatic N) is 5. The Morgan fingerprint density at radius 3 is 1.97 bits per heavy atom. The summed E-state index contributed by atoms with van der Waals surface area (Å²) < 4.78 is 1.20. The van der Waals surface area contributed by atoms with E-state index in [-0.39, 0.29) is 14.9 Å². The van der Waals surface area contributed by atoms with Gasteiger partial charge in [0.15, 0.2) is 4.30 Å². The summed E-state index contributed by atoms with van der Waals surface area (Å²) in [7, 11) is 0. The minimum absolute atomic E-state index is 0. The first-order chi connectivity index (χ1) is 15.0. The van der Waals surface area contributed by atoms with Crippen molar-refractivity contribution < 1.29 is 0 Å². The average molecular weight is 647 g/mol. The van der Waals surface area contributed by atoms with Crippen LogP contribution in [0.4, 0.5) is 0 Å². The van der Waals surface area contributed by atoms with Crippen molar-refractivity contribution in [3.05, 3.63) is 56.6 Å². The third-order valence-corrected chi connectivity index (χ3v) is 5.72. The van der Waals surface area contributed by atoms with Crippen LogP contribution in [0.25, 0.3) is 0 Å². The van der Waals surface area contributed by atoms with Gasteiger partial charge in [0.2, 0.25) is 0 Å². The van der Waals surface area contributed by atoms with Crippen LogP contribution in [-0.2, 0) is 12.8 Å². The third kappa shape index (κ3) is 13.9. The number of hydrogen-bond donors (Lipinski definition) is 0. The number of hydrogen-bond acceptors (Lipinski definition) is 5. The fraction of sp³-hybridized carbons (Fsp3) is 0.565. The molecular weight excluding hydrogens is 612 g/mol. The highest BCUT2D eigenvalue weighted by Gasteiger charge is 2.16. The van der Waals surface area contributed by atoms with E-state index < -0.39 is 4.30 Å². The number of likely N-dealkylation sites (tertiary alicyclic amines) is 1. The second-order valence-electron chi connectivity index (χ2n) is 7.11. The molecule has 5 nitrogen and oxygen atoms in total. The summed E-state index contributed by atoms with van der Waals surface area (Å²) in [6.07, 6.45) is 18.0. The zero-order valence-electron chi connectivity index (χ0n) is 17.2. The number of alkyl halides is 3. The van der Waals surface area contributed by atoms with E-state index in [4.69, 9.17) is 34.8 Å². The minimum atomic E-state index is -0.750. The molecule has 10 heteroatoms. The van der Waals surface area contributed by atoms with E-state index in [1.807, 2.05) is 6.20 Å². The maximum atomic E-state index is 4.81. The predicted molar refractivity (Wildman–Crippen MR) is 149 cm³/mol. The Morgan fingerprint density at radius 1 is 0.818 bits per heavy atom. The molecule has 5 rings (SSSR count). The Kier molecular flexibility index (Phi) is 18.5. The lowest BCUT2D eigenvalue weighted by Gasteiger charge is -2.18. The minimum Gasteiger partial charge on any atom is -0.375 e. The second-order valence-corrected chi connectivity index (χ2v) is 10.9.